The van der Waals surface area contributed by atoms with Crippen LogP contribution in [0.4, 0.5) is 16.2 Å². The Balaban J connectivity index is 2.01. The van der Waals surface area contributed by atoms with Crippen molar-refractivity contribution in [1.82, 2.24) is 0 Å². The Morgan fingerprint density at radius 2 is 1.79 bits per heavy atom. The van der Waals surface area contributed by atoms with Crippen molar-refractivity contribution in [2.75, 3.05) is 11.1 Å². The lowest BCUT2D eigenvalue weighted by atomic mass is 10.2. The third-order valence-corrected chi connectivity index (χ3v) is 2.76. The van der Waals surface area contributed by atoms with Crippen LogP contribution in [-0.2, 0) is 0 Å². The summed E-state index contributed by atoms with van der Waals surface area (Å²) in [7, 11) is 0. The van der Waals surface area contributed by atoms with Gasteiger partial charge in [0.25, 0.3) is 0 Å². The van der Waals surface area contributed by atoms with Crippen LogP contribution in [-0.4, -0.2) is 6.09 Å². The smallest absolute Gasteiger partial charge is 0.410 e. The molecule has 1 amide bonds. The van der Waals surface area contributed by atoms with Gasteiger partial charge in [-0.2, -0.15) is 0 Å². The predicted molar refractivity (Wildman–Crippen MR) is 76.4 cm³/mol. The molecule has 0 fully saturated rings. The molecule has 3 N–H and O–H groups in total. The van der Waals surface area contributed by atoms with Crippen LogP contribution in [0.15, 0.2) is 42.5 Å². The second-order valence-electron chi connectivity index (χ2n) is 4.40. The molecule has 0 aromatic heterocycles. The Kier molecular flexibility index (Phi) is 3.71. The first-order chi connectivity index (χ1) is 9.04. The fourth-order valence-electron chi connectivity index (χ4n) is 1.57. The molecule has 0 unspecified atom stereocenters. The van der Waals surface area contributed by atoms with Gasteiger partial charge < -0.3 is 10.5 Å². The first kappa shape index (κ1) is 13.0. The summed E-state index contributed by atoms with van der Waals surface area (Å²) >= 11 is 0. The Labute approximate surface area is 112 Å². The molecule has 2 rings (SSSR count). The van der Waals surface area contributed by atoms with Gasteiger partial charge in [0.2, 0.25) is 0 Å². The largest absolute Gasteiger partial charge is 0.417 e. The molecule has 4 nitrogen and oxygen atoms in total. The van der Waals surface area contributed by atoms with Gasteiger partial charge in [0.15, 0.2) is 0 Å². The maximum Gasteiger partial charge on any atom is 0.417 e. The molecule has 2 aromatic carbocycles. The minimum atomic E-state index is -0.535. The molecular formula is C15H16N2O2. The number of nitrogens with one attached hydrogen (secondary N) is 1. The van der Waals surface area contributed by atoms with E-state index in [0.717, 1.165) is 11.1 Å². The van der Waals surface area contributed by atoms with Crippen molar-refractivity contribution in [2.45, 2.75) is 13.8 Å². The molecule has 0 aliphatic heterocycles. The highest BCUT2D eigenvalue weighted by atomic mass is 16.6. The van der Waals surface area contributed by atoms with Crippen molar-refractivity contribution >= 4 is 17.5 Å². The molecule has 4 heteroatoms. The van der Waals surface area contributed by atoms with Gasteiger partial charge in [0.1, 0.15) is 5.75 Å². The van der Waals surface area contributed by atoms with E-state index in [2.05, 4.69) is 5.32 Å². The number of hydrogen-bond donors (Lipinski definition) is 2. The van der Waals surface area contributed by atoms with Crippen LogP contribution in [0.5, 0.6) is 5.75 Å². The van der Waals surface area contributed by atoms with Crippen molar-refractivity contribution in [3.63, 3.8) is 0 Å². The average molecular weight is 256 g/mol. The van der Waals surface area contributed by atoms with E-state index in [1.165, 1.54) is 0 Å². The summed E-state index contributed by atoms with van der Waals surface area (Å²) in [6.45, 7) is 3.88. The third-order valence-electron chi connectivity index (χ3n) is 2.76. The quantitative estimate of drug-likeness (QED) is 0.808. The monoisotopic (exact) mass is 256 g/mol. The van der Waals surface area contributed by atoms with Gasteiger partial charge in [-0.05, 0) is 37.6 Å². The highest BCUT2D eigenvalue weighted by molar-refractivity contribution is 5.86. The van der Waals surface area contributed by atoms with E-state index in [4.69, 9.17) is 10.5 Å². The van der Waals surface area contributed by atoms with Crippen LogP contribution in [0, 0.1) is 13.8 Å². The van der Waals surface area contributed by atoms with Crippen LogP contribution in [0.1, 0.15) is 11.1 Å². The van der Waals surface area contributed by atoms with Crippen LogP contribution in [0.2, 0.25) is 0 Å². The van der Waals surface area contributed by atoms with Gasteiger partial charge in [0, 0.05) is 17.4 Å². The van der Waals surface area contributed by atoms with Crippen molar-refractivity contribution < 1.29 is 9.53 Å². The molecule has 19 heavy (non-hydrogen) atoms. The molecule has 2 aromatic rings. The Bertz CT molecular complexity index is 592. The number of nitrogens with two attached hydrogens (primary N) is 1. The lowest BCUT2D eigenvalue weighted by molar-refractivity contribution is 0.215. The molecule has 0 heterocycles. The summed E-state index contributed by atoms with van der Waals surface area (Å²) in [5, 5.41) is 2.65. The van der Waals surface area contributed by atoms with Crippen molar-refractivity contribution in [3.05, 3.63) is 53.6 Å². The van der Waals surface area contributed by atoms with E-state index >= 15 is 0 Å². The summed E-state index contributed by atoms with van der Waals surface area (Å²) < 4.78 is 5.15. The first-order valence-electron chi connectivity index (χ1n) is 5.96. The van der Waals surface area contributed by atoms with E-state index in [1.54, 1.807) is 12.1 Å². The number of nitrogen functional groups attached to an aromatic ring is 1. The van der Waals surface area contributed by atoms with Gasteiger partial charge in [-0.25, -0.2) is 4.79 Å². The lowest BCUT2D eigenvalue weighted by Crippen LogP contribution is -2.16. The molecule has 0 bridgehead atoms. The number of hydrogen-bond acceptors (Lipinski definition) is 3. The highest BCUT2D eigenvalue weighted by Crippen LogP contribution is 2.19. The number of carbonyl (C=O) groups excluding carboxylic acids is 1. The van der Waals surface area contributed by atoms with Crippen LogP contribution in [0.3, 0.4) is 0 Å². The molecule has 0 saturated heterocycles. The van der Waals surface area contributed by atoms with E-state index < -0.39 is 6.09 Å². The number of rotatable bonds is 2. The summed E-state index contributed by atoms with van der Waals surface area (Å²) in [6, 6.07) is 12.6. The number of ether oxygens (including phenoxy) is 1. The van der Waals surface area contributed by atoms with Crippen LogP contribution >= 0.6 is 0 Å². The maximum atomic E-state index is 11.7. The molecule has 0 saturated carbocycles. The standard InChI is InChI=1S/C15H16N2O2/c1-10-3-6-12(7-4-10)17-15(18)19-13-8-5-11(2)14(16)9-13/h3-9H,16H2,1-2H3,(H,17,18). The lowest BCUT2D eigenvalue weighted by Gasteiger charge is -2.08. The third kappa shape index (κ3) is 3.48. The second kappa shape index (κ2) is 5.44. The second-order valence-corrected chi connectivity index (χ2v) is 4.40. The predicted octanol–water partition coefficient (Wildman–Crippen LogP) is 3.50. The molecule has 0 aliphatic carbocycles. The van der Waals surface area contributed by atoms with Crippen molar-refractivity contribution in [2.24, 2.45) is 0 Å². The number of carbonyl (C=O) groups is 1. The topological polar surface area (TPSA) is 64.3 Å². The van der Waals surface area contributed by atoms with E-state index in [9.17, 15) is 4.79 Å². The summed E-state index contributed by atoms with van der Waals surface area (Å²) in [5.74, 6) is 0.424. The Hall–Kier alpha value is -2.49. The van der Waals surface area contributed by atoms with Gasteiger partial charge in [-0.3, -0.25) is 5.32 Å². The van der Waals surface area contributed by atoms with Crippen molar-refractivity contribution in [1.29, 1.82) is 0 Å². The van der Waals surface area contributed by atoms with Gasteiger partial charge >= 0.3 is 6.09 Å². The van der Waals surface area contributed by atoms with Crippen LogP contribution in [0.25, 0.3) is 0 Å². The van der Waals surface area contributed by atoms with Crippen molar-refractivity contribution in [3.8, 4) is 5.75 Å². The van der Waals surface area contributed by atoms with E-state index in [0.29, 0.717) is 17.1 Å². The maximum absolute atomic E-state index is 11.7. The zero-order valence-corrected chi connectivity index (χ0v) is 10.9. The molecule has 0 spiro atoms. The average Bonchev–Trinajstić information content (AvgIpc) is 2.37. The van der Waals surface area contributed by atoms with Crippen LogP contribution < -0.4 is 15.8 Å². The molecule has 0 atom stereocenters. The highest BCUT2D eigenvalue weighted by Gasteiger charge is 2.06. The normalized spacial score (nSPS) is 10.0. The number of anilines is 2. The SMILES string of the molecule is Cc1ccc(NC(=O)Oc2ccc(C)c(N)c2)cc1. The fraction of sp³-hybridized carbons (Fsp3) is 0.133. The zero-order valence-electron chi connectivity index (χ0n) is 10.9. The summed E-state index contributed by atoms with van der Waals surface area (Å²) in [4.78, 5) is 11.7. The molecular weight excluding hydrogens is 240 g/mol. The van der Waals surface area contributed by atoms with E-state index in [-0.39, 0.29) is 0 Å². The minimum absolute atomic E-state index is 0.424. The minimum Gasteiger partial charge on any atom is -0.410 e. The van der Waals surface area contributed by atoms with Gasteiger partial charge in [-0.1, -0.05) is 23.8 Å². The summed E-state index contributed by atoms with van der Waals surface area (Å²) in [6.07, 6.45) is -0.535. The molecule has 0 radical (unpaired) electrons. The van der Waals surface area contributed by atoms with Gasteiger partial charge in [0.05, 0.1) is 0 Å². The molecule has 0 aliphatic rings. The Morgan fingerprint density at radius 1 is 1.11 bits per heavy atom. The summed E-state index contributed by atoms with van der Waals surface area (Å²) in [5.41, 5.74) is 9.12. The van der Waals surface area contributed by atoms with Gasteiger partial charge in [-0.15, -0.1) is 0 Å². The first-order valence-corrected chi connectivity index (χ1v) is 5.96. The Morgan fingerprint density at radius 3 is 2.42 bits per heavy atom. The number of aryl methyl sites for hydroxylation is 2. The molecule has 98 valence electrons. The zero-order chi connectivity index (χ0) is 13.8. The van der Waals surface area contributed by atoms with E-state index in [1.807, 2.05) is 44.2 Å². The number of amides is 1. The fourth-order valence-corrected chi connectivity index (χ4v) is 1.57. The number of benzene rings is 2.